The van der Waals surface area contributed by atoms with E-state index in [1.807, 2.05) is 30.3 Å². The number of amides is 1. The van der Waals surface area contributed by atoms with Gasteiger partial charge in [-0.1, -0.05) is 30.3 Å². The Morgan fingerprint density at radius 1 is 1.16 bits per heavy atom. The molecule has 0 bridgehead atoms. The third-order valence-electron chi connectivity index (χ3n) is 6.50. The number of rotatable bonds is 14. The molecule has 4 N–H and O–H groups in total. The van der Waals surface area contributed by atoms with E-state index < -0.39 is 47.4 Å². The highest BCUT2D eigenvalue weighted by atomic mass is 19.4. The molecule has 0 aromatic heterocycles. The van der Waals surface area contributed by atoms with Crippen molar-refractivity contribution >= 4 is 23.6 Å². The molecule has 0 aliphatic carbocycles. The first-order chi connectivity index (χ1) is 17.4. The van der Waals surface area contributed by atoms with Gasteiger partial charge in [-0.3, -0.25) is 19.3 Å². The van der Waals surface area contributed by atoms with Crippen LogP contribution in [-0.2, 0) is 30.3 Å². The maximum atomic E-state index is 13.5. The number of hydrogen-bond acceptors (Lipinski definition) is 7. The molecule has 0 saturated carbocycles. The fourth-order valence-electron chi connectivity index (χ4n) is 4.68. The second kappa shape index (κ2) is 13.5. The number of aryl methyl sites for hydroxylation is 1. The number of carboxylic acids is 1. The van der Waals surface area contributed by atoms with Crippen LogP contribution in [-0.4, -0.2) is 77.1 Å². The number of nitrogens with two attached hydrogens (primary N) is 1. The molecule has 1 heterocycles. The summed E-state index contributed by atoms with van der Waals surface area (Å²) in [7, 11) is 0. The van der Waals surface area contributed by atoms with Crippen LogP contribution < -0.4 is 11.1 Å². The summed E-state index contributed by atoms with van der Waals surface area (Å²) in [5, 5.41) is 12.0. The predicted octanol–water partition coefficient (Wildman–Crippen LogP) is 2.22. The Morgan fingerprint density at radius 3 is 2.43 bits per heavy atom. The van der Waals surface area contributed by atoms with Crippen molar-refractivity contribution < 1.29 is 42.2 Å². The van der Waals surface area contributed by atoms with Crippen LogP contribution in [0.3, 0.4) is 0 Å². The van der Waals surface area contributed by atoms with E-state index in [4.69, 9.17) is 10.5 Å². The normalized spacial score (nSPS) is 19.7. The number of ketones is 1. The first-order valence-electron chi connectivity index (χ1n) is 12.3. The van der Waals surface area contributed by atoms with Gasteiger partial charge >= 0.3 is 24.0 Å². The van der Waals surface area contributed by atoms with E-state index in [-0.39, 0.29) is 51.8 Å². The number of esters is 1. The highest BCUT2D eigenvalue weighted by molar-refractivity contribution is 6.10. The molecule has 1 aromatic rings. The lowest BCUT2D eigenvalue weighted by molar-refractivity contribution is -0.173. The molecule has 37 heavy (non-hydrogen) atoms. The Labute approximate surface area is 213 Å². The monoisotopic (exact) mass is 529 g/mol. The molecule has 1 amide bonds. The highest BCUT2D eigenvalue weighted by Crippen LogP contribution is 2.35. The number of carboxylic acid groups (broad SMARTS) is 1. The van der Waals surface area contributed by atoms with E-state index in [9.17, 15) is 37.5 Å². The van der Waals surface area contributed by atoms with E-state index in [2.05, 4.69) is 0 Å². The molecular weight excluding hydrogens is 495 g/mol. The van der Waals surface area contributed by atoms with E-state index >= 15 is 0 Å². The number of nitrogens with one attached hydrogen (secondary N) is 1. The molecule has 0 unspecified atom stereocenters. The van der Waals surface area contributed by atoms with E-state index in [1.54, 1.807) is 12.2 Å². The Bertz CT molecular complexity index is 943. The summed E-state index contributed by atoms with van der Waals surface area (Å²) in [6.45, 7) is 1.65. The van der Waals surface area contributed by atoms with Crippen molar-refractivity contribution in [3.63, 3.8) is 0 Å². The van der Waals surface area contributed by atoms with Crippen molar-refractivity contribution in [1.29, 1.82) is 0 Å². The average molecular weight is 530 g/mol. The lowest BCUT2D eigenvalue weighted by Gasteiger charge is -2.39. The number of halogens is 3. The number of nitrogens with zero attached hydrogens (tertiary/aromatic N) is 1. The summed E-state index contributed by atoms with van der Waals surface area (Å²) >= 11 is 0. The topological polar surface area (TPSA) is 139 Å². The minimum Gasteiger partial charge on any atom is -0.480 e. The number of ether oxygens (including phenoxy) is 1. The summed E-state index contributed by atoms with van der Waals surface area (Å²) in [4.78, 5) is 51.2. The second-order valence-corrected chi connectivity index (χ2v) is 8.97. The molecule has 3 atom stereocenters. The zero-order valence-electron chi connectivity index (χ0n) is 20.8. The fraction of sp³-hybridized carbons (Fsp3) is 0.600. The number of unbranched alkanes of at least 4 members (excludes halogenated alkanes) is 1. The summed E-state index contributed by atoms with van der Waals surface area (Å²) in [6, 6.07) is 7.13. The maximum absolute atomic E-state index is 13.5. The minimum atomic E-state index is -4.98. The first kappa shape index (κ1) is 30.2. The standard InChI is InChI=1S/C25H34F3N3O6/c1-2-37-21(33)19(13-12-17-9-4-3-5-10-17)31-16-8-14-24(31,23(35)36)20(32)18(29)11-6-7-15-30-22(34)25(26,27)28/h3-5,9-10,18-19H,2,6-8,11-16,29H2,1H3,(H,30,34)(H,35,36)/t18-,19-,24+/m0/s1. The summed E-state index contributed by atoms with van der Waals surface area (Å²) in [5.41, 5.74) is 5.00. The van der Waals surface area contributed by atoms with Crippen molar-refractivity contribution in [2.45, 2.75) is 75.7 Å². The Balaban J connectivity index is 2.13. The van der Waals surface area contributed by atoms with Crippen molar-refractivity contribution in [1.82, 2.24) is 10.2 Å². The van der Waals surface area contributed by atoms with Crippen molar-refractivity contribution in [2.24, 2.45) is 5.73 Å². The van der Waals surface area contributed by atoms with Gasteiger partial charge in [0, 0.05) is 13.1 Å². The number of likely N-dealkylation sites (tertiary alicyclic amines) is 1. The zero-order valence-corrected chi connectivity index (χ0v) is 20.8. The SMILES string of the molecule is CCOC(=O)[C@H](CCc1ccccc1)N1CCC[C@]1(C(=O)O)C(=O)[C@@H](N)CCCCNC(=O)C(F)(F)F. The van der Waals surface area contributed by atoms with Gasteiger partial charge in [-0.25, -0.2) is 4.79 Å². The van der Waals surface area contributed by atoms with Gasteiger partial charge in [0.1, 0.15) is 6.04 Å². The summed E-state index contributed by atoms with van der Waals surface area (Å²) < 4.78 is 42.0. The van der Waals surface area contributed by atoms with Crippen LogP contribution in [0, 0.1) is 0 Å². The Morgan fingerprint density at radius 2 is 1.84 bits per heavy atom. The molecule has 1 saturated heterocycles. The molecule has 1 aliphatic heterocycles. The summed E-state index contributed by atoms with van der Waals surface area (Å²) in [5.74, 6) is -4.84. The van der Waals surface area contributed by atoms with Crippen molar-refractivity contribution in [3.8, 4) is 0 Å². The lowest BCUT2D eigenvalue weighted by Crippen LogP contribution is -2.65. The number of hydrogen-bond donors (Lipinski definition) is 3. The predicted molar refractivity (Wildman–Crippen MR) is 127 cm³/mol. The number of carbonyl (C=O) groups excluding carboxylic acids is 3. The molecule has 0 radical (unpaired) electrons. The summed E-state index contributed by atoms with van der Waals surface area (Å²) in [6.07, 6.45) is -3.64. The van der Waals surface area contributed by atoms with Gasteiger partial charge in [0.25, 0.3) is 0 Å². The van der Waals surface area contributed by atoms with Gasteiger partial charge in [-0.15, -0.1) is 0 Å². The van der Waals surface area contributed by atoms with Gasteiger partial charge in [0.2, 0.25) is 0 Å². The third kappa shape index (κ3) is 7.75. The maximum Gasteiger partial charge on any atom is 0.471 e. The molecule has 12 heteroatoms. The largest absolute Gasteiger partial charge is 0.480 e. The van der Waals surface area contributed by atoms with Gasteiger partial charge in [0.15, 0.2) is 11.3 Å². The molecule has 9 nitrogen and oxygen atoms in total. The third-order valence-corrected chi connectivity index (χ3v) is 6.50. The fourth-order valence-corrected chi connectivity index (χ4v) is 4.68. The van der Waals surface area contributed by atoms with E-state index in [0.717, 1.165) is 5.56 Å². The minimum absolute atomic E-state index is 0.0116. The number of carbonyl (C=O) groups is 4. The van der Waals surface area contributed by atoms with Gasteiger partial charge in [-0.05, 0) is 57.4 Å². The van der Waals surface area contributed by atoms with Crippen LogP contribution in [0.5, 0.6) is 0 Å². The van der Waals surface area contributed by atoms with Gasteiger partial charge in [-0.2, -0.15) is 13.2 Å². The van der Waals surface area contributed by atoms with Crippen LogP contribution in [0.1, 0.15) is 51.0 Å². The molecule has 1 aliphatic rings. The molecule has 2 rings (SSSR count). The van der Waals surface area contributed by atoms with Crippen molar-refractivity contribution in [2.75, 3.05) is 19.7 Å². The first-order valence-corrected chi connectivity index (χ1v) is 12.3. The van der Waals surface area contributed by atoms with Crippen LogP contribution in [0.4, 0.5) is 13.2 Å². The quantitative estimate of drug-likeness (QED) is 0.189. The number of Topliss-reactive ketones (excluding diaryl/α,β-unsaturated/α-hetero) is 1. The van der Waals surface area contributed by atoms with Crippen LogP contribution >= 0.6 is 0 Å². The molecule has 0 spiro atoms. The number of aliphatic carboxylic acids is 1. The number of alkyl halides is 3. The van der Waals surface area contributed by atoms with Gasteiger partial charge < -0.3 is 20.9 Å². The molecule has 1 fully saturated rings. The van der Waals surface area contributed by atoms with E-state index in [0.29, 0.717) is 12.8 Å². The van der Waals surface area contributed by atoms with Crippen molar-refractivity contribution in [3.05, 3.63) is 35.9 Å². The Kier molecular flexibility index (Phi) is 11.1. The zero-order chi connectivity index (χ0) is 27.6. The van der Waals surface area contributed by atoms with Crippen LogP contribution in [0.2, 0.25) is 0 Å². The lowest BCUT2D eigenvalue weighted by atomic mass is 9.84. The molecule has 1 aromatic carbocycles. The van der Waals surface area contributed by atoms with E-state index in [1.165, 1.54) is 4.90 Å². The average Bonchev–Trinajstić information content (AvgIpc) is 3.29. The smallest absolute Gasteiger partial charge is 0.471 e. The van der Waals surface area contributed by atoms with Crippen LogP contribution in [0.15, 0.2) is 30.3 Å². The van der Waals surface area contributed by atoms with Crippen LogP contribution in [0.25, 0.3) is 0 Å². The molecular formula is C25H34F3N3O6. The highest BCUT2D eigenvalue weighted by Gasteiger charge is 2.58. The van der Waals surface area contributed by atoms with Gasteiger partial charge in [0.05, 0.1) is 12.6 Å². The Hall–Kier alpha value is -2.99. The molecule has 206 valence electrons. The number of benzene rings is 1. The second-order valence-electron chi connectivity index (χ2n) is 8.97.